The van der Waals surface area contributed by atoms with E-state index in [-0.39, 0.29) is 39.9 Å². The number of nitrogens with zero attached hydrogens (tertiary/aromatic N) is 1. The van der Waals surface area contributed by atoms with Gasteiger partial charge in [0.25, 0.3) is 11.1 Å². The molecule has 186 valence electrons. The van der Waals surface area contributed by atoms with Gasteiger partial charge in [-0.2, -0.15) is 0 Å². The largest absolute Gasteiger partial charge is 0.492 e. The van der Waals surface area contributed by atoms with Gasteiger partial charge in [0.2, 0.25) is 0 Å². The van der Waals surface area contributed by atoms with Crippen LogP contribution in [0.1, 0.15) is 16.7 Å². The van der Waals surface area contributed by atoms with Gasteiger partial charge in [-0.25, -0.2) is 0 Å². The van der Waals surface area contributed by atoms with Gasteiger partial charge in [0, 0.05) is 0 Å². The summed E-state index contributed by atoms with van der Waals surface area (Å²) < 4.78 is 11.5. The predicted octanol–water partition coefficient (Wildman–Crippen LogP) is 8.30. The monoisotopic (exact) mass is 581 g/mol. The number of carbonyl (C=O) groups is 2. The number of rotatable bonds is 8. The lowest BCUT2D eigenvalue weighted by Crippen LogP contribution is -2.32. The van der Waals surface area contributed by atoms with Gasteiger partial charge >= 0.3 is 0 Å². The highest BCUT2D eigenvalue weighted by atomic mass is 35.5. The molecule has 36 heavy (non-hydrogen) atoms. The minimum absolute atomic E-state index is 0.138. The normalized spacial score (nSPS) is 14.6. The molecular formula is C26H19Cl4NO4S. The van der Waals surface area contributed by atoms with Crippen LogP contribution in [0, 0.1) is 6.92 Å². The SMILES string of the molecule is Cc1cccc(OCCN2C(=O)S/C(=C\c3cc(Cl)c(OCc4ccc(Cl)c(Cl)c4)c(Cl)c3)C2=O)c1. The van der Waals surface area contributed by atoms with Crippen LogP contribution < -0.4 is 9.47 Å². The Hall–Kier alpha value is -2.35. The van der Waals surface area contributed by atoms with Gasteiger partial charge in [-0.1, -0.05) is 64.6 Å². The molecule has 0 unspecified atom stereocenters. The van der Waals surface area contributed by atoms with Gasteiger partial charge in [0.1, 0.15) is 19.0 Å². The molecule has 5 nitrogen and oxygen atoms in total. The van der Waals surface area contributed by atoms with Crippen molar-refractivity contribution in [3.63, 3.8) is 0 Å². The van der Waals surface area contributed by atoms with E-state index in [0.29, 0.717) is 27.1 Å². The second-order valence-electron chi connectivity index (χ2n) is 7.85. The molecule has 4 rings (SSSR count). The first-order valence-corrected chi connectivity index (χ1v) is 13.0. The van der Waals surface area contributed by atoms with Crippen molar-refractivity contribution < 1.29 is 19.1 Å². The van der Waals surface area contributed by atoms with E-state index < -0.39 is 5.91 Å². The van der Waals surface area contributed by atoms with Crippen LogP contribution in [-0.4, -0.2) is 29.2 Å². The molecule has 1 saturated heterocycles. The van der Waals surface area contributed by atoms with E-state index in [1.165, 1.54) is 0 Å². The zero-order chi connectivity index (χ0) is 25.8. The van der Waals surface area contributed by atoms with E-state index in [2.05, 4.69) is 0 Å². The number of amides is 2. The Morgan fingerprint density at radius 2 is 1.64 bits per heavy atom. The maximum absolute atomic E-state index is 12.8. The van der Waals surface area contributed by atoms with Crippen molar-refractivity contribution >= 4 is 75.4 Å². The van der Waals surface area contributed by atoms with Crippen LogP contribution in [0.25, 0.3) is 6.08 Å². The van der Waals surface area contributed by atoms with Crippen molar-refractivity contribution in [1.29, 1.82) is 0 Å². The molecule has 3 aromatic rings. The van der Waals surface area contributed by atoms with E-state index in [0.717, 1.165) is 27.8 Å². The number of halogens is 4. The summed E-state index contributed by atoms with van der Waals surface area (Å²) in [5.41, 5.74) is 2.42. The summed E-state index contributed by atoms with van der Waals surface area (Å²) in [6.45, 7) is 2.47. The van der Waals surface area contributed by atoms with E-state index in [1.807, 2.05) is 31.2 Å². The van der Waals surface area contributed by atoms with Crippen molar-refractivity contribution in [2.24, 2.45) is 0 Å². The number of hydrogen-bond donors (Lipinski definition) is 0. The summed E-state index contributed by atoms with van der Waals surface area (Å²) >= 11 is 25.6. The zero-order valence-electron chi connectivity index (χ0n) is 18.9. The quantitative estimate of drug-likeness (QED) is 0.250. The standard InChI is InChI=1S/C26H19Cl4NO4S/c1-15-3-2-4-18(9-15)34-8-7-31-25(32)23(36-26(31)33)13-17-11-21(29)24(22(30)12-17)35-14-16-5-6-19(27)20(28)10-16/h2-6,9-13H,7-8,14H2,1H3/b23-13-. The Kier molecular flexibility index (Phi) is 8.75. The molecule has 0 radical (unpaired) electrons. The third kappa shape index (κ3) is 6.50. The molecule has 0 spiro atoms. The third-order valence-corrected chi connectivity index (χ3v) is 7.34. The highest BCUT2D eigenvalue weighted by Crippen LogP contribution is 2.38. The van der Waals surface area contributed by atoms with Gasteiger partial charge in [0.05, 0.1) is 31.5 Å². The summed E-state index contributed by atoms with van der Waals surface area (Å²) in [7, 11) is 0. The molecule has 1 heterocycles. The second-order valence-corrected chi connectivity index (χ2v) is 10.5. The molecule has 0 atom stereocenters. The van der Waals surface area contributed by atoms with Crippen LogP contribution in [-0.2, 0) is 11.4 Å². The first-order chi connectivity index (χ1) is 17.2. The molecule has 1 fully saturated rings. The number of carbonyl (C=O) groups excluding carboxylic acids is 2. The fraction of sp³-hybridized carbons (Fsp3) is 0.154. The molecule has 1 aliphatic heterocycles. The molecule has 1 aliphatic rings. The maximum atomic E-state index is 12.8. The van der Waals surface area contributed by atoms with Gasteiger partial charge in [-0.3, -0.25) is 14.5 Å². The first-order valence-electron chi connectivity index (χ1n) is 10.7. The van der Waals surface area contributed by atoms with Gasteiger partial charge in [-0.15, -0.1) is 0 Å². The van der Waals surface area contributed by atoms with Crippen LogP contribution in [0.5, 0.6) is 11.5 Å². The molecule has 10 heteroatoms. The van der Waals surface area contributed by atoms with Crippen LogP contribution >= 0.6 is 58.2 Å². The van der Waals surface area contributed by atoms with Crippen molar-refractivity contribution in [3.05, 3.63) is 96.3 Å². The van der Waals surface area contributed by atoms with Crippen molar-refractivity contribution in [3.8, 4) is 11.5 Å². The molecule has 0 bridgehead atoms. The van der Waals surface area contributed by atoms with Gasteiger partial charge < -0.3 is 9.47 Å². The minimum Gasteiger partial charge on any atom is -0.492 e. The van der Waals surface area contributed by atoms with E-state index in [1.54, 1.807) is 36.4 Å². The Bertz CT molecular complexity index is 1340. The molecule has 0 N–H and O–H groups in total. The highest BCUT2D eigenvalue weighted by molar-refractivity contribution is 8.18. The molecule has 3 aromatic carbocycles. The molecular weight excluding hydrogens is 564 g/mol. The Labute approximate surface area is 232 Å². The summed E-state index contributed by atoms with van der Waals surface area (Å²) in [4.78, 5) is 26.7. The zero-order valence-corrected chi connectivity index (χ0v) is 22.7. The number of ether oxygens (including phenoxy) is 2. The van der Waals surface area contributed by atoms with E-state index in [9.17, 15) is 9.59 Å². The van der Waals surface area contributed by atoms with Gasteiger partial charge in [0.15, 0.2) is 5.75 Å². The number of thioether (sulfide) groups is 1. The fourth-order valence-electron chi connectivity index (χ4n) is 3.39. The van der Waals surface area contributed by atoms with Crippen LogP contribution in [0.15, 0.2) is 59.5 Å². The average Bonchev–Trinajstić information content (AvgIpc) is 3.08. The third-order valence-electron chi connectivity index (χ3n) is 5.13. The number of hydrogen-bond acceptors (Lipinski definition) is 5. The first kappa shape index (κ1) is 26.7. The number of aryl methyl sites for hydroxylation is 1. The molecule has 0 saturated carbocycles. The lowest BCUT2D eigenvalue weighted by atomic mass is 10.2. The van der Waals surface area contributed by atoms with Crippen molar-refractivity contribution in [2.75, 3.05) is 13.2 Å². The Balaban J connectivity index is 1.41. The molecule has 2 amide bonds. The summed E-state index contributed by atoms with van der Waals surface area (Å²) in [5, 5.41) is 1.03. The fourth-order valence-corrected chi connectivity index (χ4v) is 5.19. The van der Waals surface area contributed by atoms with Gasteiger partial charge in [-0.05, 0) is 77.9 Å². The minimum atomic E-state index is -0.398. The smallest absolute Gasteiger partial charge is 0.293 e. The van der Waals surface area contributed by atoms with Crippen molar-refractivity contribution in [2.45, 2.75) is 13.5 Å². The lowest BCUT2D eigenvalue weighted by Gasteiger charge is -2.13. The average molecular weight is 583 g/mol. The van der Waals surface area contributed by atoms with E-state index >= 15 is 0 Å². The summed E-state index contributed by atoms with van der Waals surface area (Å²) in [6, 6.07) is 15.9. The Morgan fingerprint density at radius 3 is 2.33 bits per heavy atom. The maximum Gasteiger partial charge on any atom is 0.293 e. The summed E-state index contributed by atoms with van der Waals surface area (Å²) in [6.07, 6.45) is 1.58. The van der Waals surface area contributed by atoms with Crippen molar-refractivity contribution in [1.82, 2.24) is 4.90 Å². The van der Waals surface area contributed by atoms with Crippen LogP contribution in [0.2, 0.25) is 20.1 Å². The highest BCUT2D eigenvalue weighted by Gasteiger charge is 2.34. The number of benzene rings is 3. The Morgan fingerprint density at radius 1 is 0.889 bits per heavy atom. The van der Waals surface area contributed by atoms with E-state index in [4.69, 9.17) is 55.9 Å². The van der Waals surface area contributed by atoms with Crippen LogP contribution in [0.4, 0.5) is 4.79 Å². The summed E-state index contributed by atoms with van der Waals surface area (Å²) in [5.74, 6) is 0.580. The molecule has 0 aliphatic carbocycles. The number of imide groups is 1. The molecule has 0 aromatic heterocycles. The topological polar surface area (TPSA) is 55.8 Å². The predicted molar refractivity (Wildman–Crippen MR) is 147 cm³/mol. The van der Waals surface area contributed by atoms with Crippen LogP contribution in [0.3, 0.4) is 0 Å². The lowest BCUT2D eigenvalue weighted by molar-refractivity contribution is -0.123. The second kappa shape index (κ2) is 11.8.